The average molecular weight is 183 g/mol. The van der Waals surface area contributed by atoms with Gasteiger partial charge >= 0.3 is 5.91 Å². The molecule has 1 aliphatic heterocycles. The van der Waals surface area contributed by atoms with Crippen LogP contribution in [0.15, 0.2) is 5.10 Å². The lowest BCUT2D eigenvalue weighted by Crippen LogP contribution is -2.34. The molecule has 0 bridgehead atoms. The SMILES string of the molecule is CC(C)N1N=C(N(C)C)C(=O)C1=O. The molecule has 0 fully saturated rings. The van der Waals surface area contributed by atoms with E-state index in [1.54, 1.807) is 19.0 Å². The molecule has 0 spiro atoms. The number of Topliss-reactive ketones (excluding diaryl/α,β-unsaturated/α-hetero) is 1. The second-order valence-corrected chi connectivity index (χ2v) is 3.39. The lowest BCUT2D eigenvalue weighted by atomic mass is 10.3. The number of hydrogen-bond acceptors (Lipinski definition) is 4. The third-order valence-electron chi connectivity index (χ3n) is 1.72. The lowest BCUT2D eigenvalue weighted by molar-refractivity contribution is -0.140. The van der Waals surface area contributed by atoms with Gasteiger partial charge < -0.3 is 4.90 Å². The van der Waals surface area contributed by atoms with Gasteiger partial charge in [0.15, 0.2) is 0 Å². The molecule has 0 N–H and O–H groups in total. The van der Waals surface area contributed by atoms with Crippen molar-refractivity contribution in [3.8, 4) is 0 Å². The normalized spacial score (nSPS) is 17.0. The van der Waals surface area contributed by atoms with Crippen molar-refractivity contribution in [1.29, 1.82) is 0 Å². The highest BCUT2D eigenvalue weighted by Gasteiger charge is 2.36. The maximum atomic E-state index is 11.3. The number of carbonyl (C=O) groups is 2. The van der Waals surface area contributed by atoms with E-state index in [1.165, 1.54) is 5.01 Å². The molecular formula is C8H13N3O2. The lowest BCUT2D eigenvalue weighted by Gasteiger charge is -2.14. The molecule has 0 aromatic rings. The van der Waals surface area contributed by atoms with E-state index in [0.29, 0.717) is 0 Å². The first-order valence-electron chi connectivity index (χ1n) is 4.09. The maximum absolute atomic E-state index is 11.3. The first-order chi connectivity index (χ1) is 5.95. The van der Waals surface area contributed by atoms with Gasteiger partial charge in [-0.3, -0.25) is 9.59 Å². The van der Waals surface area contributed by atoms with Gasteiger partial charge in [-0.25, -0.2) is 5.01 Å². The number of likely N-dealkylation sites (N-methyl/N-ethyl adjacent to an activating group) is 1. The summed E-state index contributed by atoms with van der Waals surface area (Å²) in [6, 6.07) is -0.0751. The van der Waals surface area contributed by atoms with E-state index in [1.807, 2.05) is 13.8 Å². The van der Waals surface area contributed by atoms with E-state index in [4.69, 9.17) is 0 Å². The molecule has 0 saturated heterocycles. The topological polar surface area (TPSA) is 53.0 Å². The van der Waals surface area contributed by atoms with Crippen molar-refractivity contribution >= 4 is 17.5 Å². The molecule has 5 nitrogen and oxygen atoms in total. The Labute approximate surface area is 77.0 Å². The largest absolute Gasteiger partial charge is 0.358 e. The Balaban J connectivity index is 2.95. The number of ketones is 1. The van der Waals surface area contributed by atoms with Crippen LogP contribution in [0.2, 0.25) is 0 Å². The van der Waals surface area contributed by atoms with Gasteiger partial charge in [0, 0.05) is 14.1 Å². The molecule has 0 aliphatic carbocycles. The van der Waals surface area contributed by atoms with E-state index in [2.05, 4.69) is 5.10 Å². The molecule has 0 aromatic carbocycles. The van der Waals surface area contributed by atoms with Gasteiger partial charge in [-0.05, 0) is 13.8 Å². The highest BCUT2D eigenvalue weighted by molar-refractivity contribution is 6.66. The minimum Gasteiger partial charge on any atom is -0.358 e. The zero-order valence-electron chi connectivity index (χ0n) is 8.24. The number of nitrogens with zero attached hydrogens (tertiary/aromatic N) is 3. The van der Waals surface area contributed by atoms with Crippen LogP contribution in [-0.4, -0.2) is 47.6 Å². The predicted molar refractivity (Wildman–Crippen MR) is 48.1 cm³/mol. The highest BCUT2D eigenvalue weighted by Crippen LogP contribution is 2.09. The predicted octanol–water partition coefficient (Wildman–Crippen LogP) is -0.319. The van der Waals surface area contributed by atoms with Crippen LogP contribution in [0.5, 0.6) is 0 Å². The molecule has 1 aliphatic rings. The van der Waals surface area contributed by atoms with E-state index in [-0.39, 0.29) is 11.9 Å². The zero-order chi connectivity index (χ0) is 10.2. The quantitative estimate of drug-likeness (QED) is 0.523. The maximum Gasteiger partial charge on any atom is 0.318 e. The molecule has 0 aromatic heterocycles. The Bertz CT molecular complexity index is 281. The Kier molecular flexibility index (Phi) is 2.36. The molecule has 5 heteroatoms. The van der Waals surface area contributed by atoms with Crippen LogP contribution in [0.25, 0.3) is 0 Å². The van der Waals surface area contributed by atoms with Gasteiger partial charge in [-0.1, -0.05) is 0 Å². The fourth-order valence-electron chi connectivity index (χ4n) is 1.04. The summed E-state index contributed by atoms with van der Waals surface area (Å²) in [5.41, 5.74) is 0. The zero-order valence-corrected chi connectivity index (χ0v) is 8.24. The van der Waals surface area contributed by atoms with Crippen molar-refractivity contribution < 1.29 is 9.59 Å². The molecule has 0 saturated carbocycles. The van der Waals surface area contributed by atoms with Crippen LogP contribution in [-0.2, 0) is 9.59 Å². The van der Waals surface area contributed by atoms with Crippen molar-refractivity contribution in [2.24, 2.45) is 5.10 Å². The van der Waals surface area contributed by atoms with Crippen molar-refractivity contribution in [3.63, 3.8) is 0 Å². The summed E-state index contributed by atoms with van der Waals surface area (Å²) in [6.07, 6.45) is 0. The molecule has 1 rings (SSSR count). The standard InChI is InChI=1S/C8H13N3O2/c1-5(2)11-8(13)6(12)7(9-11)10(3)4/h5H,1-4H3. The molecule has 0 unspecified atom stereocenters. The number of hydrazone groups is 1. The molecule has 1 amide bonds. The van der Waals surface area contributed by atoms with Gasteiger partial charge in [0.2, 0.25) is 5.84 Å². The van der Waals surface area contributed by atoms with Crippen LogP contribution in [0, 0.1) is 0 Å². The Morgan fingerprint density at radius 1 is 1.31 bits per heavy atom. The first-order valence-corrected chi connectivity index (χ1v) is 4.09. The van der Waals surface area contributed by atoms with Crippen LogP contribution >= 0.6 is 0 Å². The number of amidine groups is 1. The fourth-order valence-corrected chi connectivity index (χ4v) is 1.04. The summed E-state index contributed by atoms with van der Waals surface area (Å²) in [4.78, 5) is 24.1. The van der Waals surface area contributed by atoms with Gasteiger partial charge in [-0.15, -0.1) is 5.10 Å². The number of carbonyl (C=O) groups excluding carboxylic acids is 2. The fraction of sp³-hybridized carbons (Fsp3) is 0.625. The monoisotopic (exact) mass is 183 g/mol. The molecule has 0 radical (unpaired) electrons. The summed E-state index contributed by atoms with van der Waals surface area (Å²) in [7, 11) is 3.38. The third kappa shape index (κ3) is 1.54. The minimum absolute atomic E-state index is 0.0751. The minimum atomic E-state index is -0.543. The summed E-state index contributed by atoms with van der Waals surface area (Å²) in [6.45, 7) is 3.63. The molecule has 0 atom stereocenters. The molecular weight excluding hydrogens is 170 g/mol. The van der Waals surface area contributed by atoms with E-state index in [9.17, 15) is 9.59 Å². The summed E-state index contributed by atoms with van der Waals surface area (Å²) < 4.78 is 0. The van der Waals surface area contributed by atoms with E-state index >= 15 is 0 Å². The van der Waals surface area contributed by atoms with E-state index in [0.717, 1.165) is 0 Å². The van der Waals surface area contributed by atoms with Crippen molar-refractivity contribution in [2.45, 2.75) is 19.9 Å². The van der Waals surface area contributed by atoms with Gasteiger partial charge in [0.05, 0.1) is 6.04 Å². The Morgan fingerprint density at radius 3 is 2.08 bits per heavy atom. The van der Waals surface area contributed by atoms with Gasteiger partial charge in [0.25, 0.3) is 5.78 Å². The number of rotatable bonds is 1. The second-order valence-electron chi connectivity index (χ2n) is 3.39. The molecule has 1 heterocycles. The number of amides is 1. The number of hydrogen-bond donors (Lipinski definition) is 0. The first kappa shape index (κ1) is 9.70. The van der Waals surface area contributed by atoms with Crippen molar-refractivity contribution in [1.82, 2.24) is 9.91 Å². The Morgan fingerprint density at radius 2 is 1.85 bits per heavy atom. The van der Waals surface area contributed by atoms with Crippen LogP contribution in [0.3, 0.4) is 0 Å². The van der Waals surface area contributed by atoms with Gasteiger partial charge in [-0.2, -0.15) is 0 Å². The third-order valence-corrected chi connectivity index (χ3v) is 1.72. The van der Waals surface area contributed by atoms with Crippen LogP contribution < -0.4 is 0 Å². The van der Waals surface area contributed by atoms with E-state index < -0.39 is 11.7 Å². The Hall–Kier alpha value is -1.39. The van der Waals surface area contributed by atoms with Crippen LogP contribution in [0.4, 0.5) is 0 Å². The summed E-state index contributed by atoms with van der Waals surface area (Å²) >= 11 is 0. The second kappa shape index (κ2) is 3.16. The highest BCUT2D eigenvalue weighted by atomic mass is 16.2. The van der Waals surface area contributed by atoms with Crippen molar-refractivity contribution in [3.05, 3.63) is 0 Å². The summed E-state index contributed by atoms with van der Waals surface area (Å²) in [5.74, 6) is -0.865. The smallest absolute Gasteiger partial charge is 0.318 e. The van der Waals surface area contributed by atoms with Crippen LogP contribution in [0.1, 0.15) is 13.8 Å². The molecule has 72 valence electrons. The van der Waals surface area contributed by atoms with Crippen molar-refractivity contribution in [2.75, 3.05) is 14.1 Å². The van der Waals surface area contributed by atoms with Gasteiger partial charge in [0.1, 0.15) is 0 Å². The average Bonchev–Trinajstić information content (AvgIpc) is 2.29. The summed E-state index contributed by atoms with van der Waals surface area (Å²) in [5, 5.41) is 5.13. The molecule has 13 heavy (non-hydrogen) atoms.